The van der Waals surface area contributed by atoms with Gasteiger partial charge in [-0.25, -0.2) is 9.97 Å². The van der Waals surface area contributed by atoms with Crippen LogP contribution in [0.2, 0.25) is 5.15 Å². The Morgan fingerprint density at radius 1 is 1.17 bits per heavy atom. The van der Waals surface area contributed by atoms with Gasteiger partial charge in [-0.2, -0.15) is 0 Å². The summed E-state index contributed by atoms with van der Waals surface area (Å²) in [6.45, 7) is 3.73. The van der Waals surface area contributed by atoms with E-state index in [2.05, 4.69) is 20.6 Å². The third-order valence-electron chi connectivity index (χ3n) is 3.60. The smallest absolute Gasteiger partial charge is 0.226 e. The molecule has 0 radical (unpaired) electrons. The second-order valence-corrected chi connectivity index (χ2v) is 6.44. The second kappa shape index (κ2) is 6.54. The third-order valence-corrected chi connectivity index (χ3v) is 3.80. The minimum absolute atomic E-state index is 0.00219. The number of amides is 1. The van der Waals surface area contributed by atoms with Gasteiger partial charge >= 0.3 is 0 Å². The van der Waals surface area contributed by atoms with E-state index in [1.165, 1.54) is 0 Å². The Labute approximate surface area is 140 Å². The van der Waals surface area contributed by atoms with E-state index in [9.17, 15) is 4.79 Å². The van der Waals surface area contributed by atoms with Gasteiger partial charge in [-0.3, -0.25) is 4.79 Å². The van der Waals surface area contributed by atoms with Gasteiger partial charge in [0, 0.05) is 29.3 Å². The molecular weight excluding hydrogens is 312 g/mol. The summed E-state index contributed by atoms with van der Waals surface area (Å²) in [5, 5.41) is 6.53. The lowest BCUT2D eigenvalue weighted by Gasteiger charge is -2.10. The molecule has 1 amide bonds. The summed E-state index contributed by atoms with van der Waals surface area (Å²) < 4.78 is 0. The SMILES string of the molecule is CC(C)C(=O)Nc1ccc(Nc2cc(Cl)nc(C3CC3)n2)cc1. The molecule has 0 bridgehead atoms. The van der Waals surface area contributed by atoms with Crippen molar-refractivity contribution in [3.05, 3.63) is 41.3 Å². The van der Waals surface area contributed by atoms with Crippen LogP contribution in [0.5, 0.6) is 0 Å². The lowest BCUT2D eigenvalue weighted by molar-refractivity contribution is -0.118. The highest BCUT2D eigenvalue weighted by molar-refractivity contribution is 6.29. The van der Waals surface area contributed by atoms with Crippen molar-refractivity contribution in [3.8, 4) is 0 Å². The lowest BCUT2D eigenvalue weighted by atomic mass is 10.2. The Morgan fingerprint density at radius 3 is 2.43 bits per heavy atom. The zero-order valence-corrected chi connectivity index (χ0v) is 13.9. The molecule has 1 aliphatic rings. The van der Waals surface area contributed by atoms with E-state index in [1.54, 1.807) is 6.07 Å². The van der Waals surface area contributed by atoms with E-state index < -0.39 is 0 Å². The van der Waals surface area contributed by atoms with Crippen molar-refractivity contribution >= 4 is 34.7 Å². The van der Waals surface area contributed by atoms with Crippen molar-refractivity contribution < 1.29 is 4.79 Å². The predicted octanol–water partition coefficient (Wildman–Crippen LogP) is 4.35. The minimum atomic E-state index is -0.0446. The molecule has 2 aromatic rings. The number of aromatic nitrogens is 2. The van der Waals surface area contributed by atoms with Gasteiger partial charge in [0.25, 0.3) is 0 Å². The molecule has 5 nitrogen and oxygen atoms in total. The van der Waals surface area contributed by atoms with E-state index in [0.29, 0.717) is 16.9 Å². The first-order chi connectivity index (χ1) is 11.0. The Morgan fingerprint density at radius 2 is 1.83 bits per heavy atom. The van der Waals surface area contributed by atoms with Gasteiger partial charge in [0.1, 0.15) is 16.8 Å². The second-order valence-electron chi connectivity index (χ2n) is 6.05. The van der Waals surface area contributed by atoms with Crippen molar-refractivity contribution in [2.24, 2.45) is 5.92 Å². The van der Waals surface area contributed by atoms with Gasteiger partial charge in [-0.1, -0.05) is 25.4 Å². The fourth-order valence-electron chi connectivity index (χ4n) is 2.09. The van der Waals surface area contributed by atoms with Crippen molar-refractivity contribution in [3.63, 3.8) is 0 Å². The maximum Gasteiger partial charge on any atom is 0.226 e. The molecule has 1 aromatic heterocycles. The molecule has 0 atom stereocenters. The maximum absolute atomic E-state index is 11.7. The maximum atomic E-state index is 11.7. The molecule has 0 saturated heterocycles. The van der Waals surface area contributed by atoms with Crippen molar-refractivity contribution in [1.82, 2.24) is 9.97 Å². The van der Waals surface area contributed by atoms with Crippen LogP contribution in [0.4, 0.5) is 17.2 Å². The van der Waals surface area contributed by atoms with Crippen LogP contribution in [-0.2, 0) is 4.79 Å². The topological polar surface area (TPSA) is 66.9 Å². The average Bonchev–Trinajstić information content (AvgIpc) is 3.33. The van der Waals surface area contributed by atoms with Crippen molar-refractivity contribution in [2.75, 3.05) is 10.6 Å². The molecule has 0 spiro atoms. The first-order valence-electron chi connectivity index (χ1n) is 7.73. The number of carbonyl (C=O) groups excluding carboxylic acids is 1. The van der Waals surface area contributed by atoms with Gasteiger partial charge in [-0.15, -0.1) is 0 Å². The third kappa shape index (κ3) is 4.20. The Bertz CT molecular complexity index is 711. The molecule has 0 unspecified atom stereocenters. The fraction of sp³-hybridized carbons (Fsp3) is 0.353. The Balaban J connectivity index is 1.69. The number of benzene rings is 1. The largest absolute Gasteiger partial charge is 0.340 e. The number of carbonyl (C=O) groups is 1. The average molecular weight is 331 g/mol. The summed E-state index contributed by atoms with van der Waals surface area (Å²) >= 11 is 6.06. The highest BCUT2D eigenvalue weighted by Crippen LogP contribution is 2.39. The molecule has 1 saturated carbocycles. The van der Waals surface area contributed by atoms with Crippen molar-refractivity contribution in [2.45, 2.75) is 32.6 Å². The lowest BCUT2D eigenvalue weighted by Crippen LogP contribution is -2.17. The van der Waals surface area contributed by atoms with Gasteiger partial charge < -0.3 is 10.6 Å². The number of nitrogens with one attached hydrogen (secondary N) is 2. The molecule has 1 fully saturated rings. The van der Waals surface area contributed by atoms with E-state index in [1.807, 2.05) is 38.1 Å². The van der Waals surface area contributed by atoms with Crippen LogP contribution in [0.25, 0.3) is 0 Å². The summed E-state index contributed by atoms with van der Waals surface area (Å²) in [6.07, 6.45) is 2.26. The highest BCUT2D eigenvalue weighted by atomic mass is 35.5. The van der Waals surface area contributed by atoms with Gasteiger partial charge in [0.15, 0.2) is 0 Å². The summed E-state index contributed by atoms with van der Waals surface area (Å²) in [6, 6.07) is 9.20. The van der Waals surface area contributed by atoms with E-state index >= 15 is 0 Å². The summed E-state index contributed by atoms with van der Waals surface area (Å²) in [7, 11) is 0. The minimum Gasteiger partial charge on any atom is -0.340 e. The number of hydrogen-bond acceptors (Lipinski definition) is 4. The molecule has 6 heteroatoms. The number of nitrogens with zero attached hydrogens (tertiary/aromatic N) is 2. The highest BCUT2D eigenvalue weighted by Gasteiger charge is 2.27. The van der Waals surface area contributed by atoms with Crippen LogP contribution < -0.4 is 10.6 Å². The monoisotopic (exact) mass is 330 g/mol. The molecule has 2 N–H and O–H groups in total. The van der Waals surface area contributed by atoms with Gasteiger partial charge in [0.05, 0.1) is 0 Å². The van der Waals surface area contributed by atoms with Gasteiger partial charge in [0.2, 0.25) is 5.91 Å². The first kappa shape index (κ1) is 15.7. The molecule has 1 heterocycles. The van der Waals surface area contributed by atoms with Crippen LogP contribution in [0.3, 0.4) is 0 Å². The number of rotatable bonds is 5. The normalized spacial score (nSPS) is 13.9. The molecule has 1 aliphatic carbocycles. The van der Waals surface area contributed by atoms with Gasteiger partial charge in [-0.05, 0) is 37.1 Å². The van der Waals surface area contributed by atoms with E-state index in [0.717, 1.165) is 30.0 Å². The Hall–Kier alpha value is -2.14. The zero-order valence-electron chi connectivity index (χ0n) is 13.1. The molecule has 3 rings (SSSR count). The molecule has 0 aliphatic heterocycles. The number of hydrogen-bond donors (Lipinski definition) is 2. The summed E-state index contributed by atoms with van der Waals surface area (Å²) in [5.41, 5.74) is 1.65. The molecular formula is C17H19ClN4O. The van der Waals surface area contributed by atoms with E-state index in [4.69, 9.17) is 11.6 Å². The first-order valence-corrected chi connectivity index (χ1v) is 8.11. The Kier molecular flexibility index (Phi) is 4.48. The zero-order chi connectivity index (χ0) is 16.4. The number of anilines is 3. The summed E-state index contributed by atoms with van der Waals surface area (Å²) in [5.74, 6) is 1.90. The molecule has 23 heavy (non-hydrogen) atoms. The van der Waals surface area contributed by atoms with Crippen LogP contribution in [0.15, 0.2) is 30.3 Å². The van der Waals surface area contributed by atoms with Crippen LogP contribution in [-0.4, -0.2) is 15.9 Å². The fourth-order valence-corrected chi connectivity index (χ4v) is 2.28. The number of halogens is 1. The van der Waals surface area contributed by atoms with Crippen LogP contribution >= 0.6 is 11.6 Å². The van der Waals surface area contributed by atoms with Crippen molar-refractivity contribution in [1.29, 1.82) is 0 Å². The van der Waals surface area contributed by atoms with Crippen LogP contribution in [0, 0.1) is 5.92 Å². The van der Waals surface area contributed by atoms with E-state index in [-0.39, 0.29) is 11.8 Å². The standard InChI is InChI=1S/C17H19ClN4O/c1-10(2)17(23)20-13-7-5-12(6-8-13)19-15-9-14(18)21-16(22-15)11-3-4-11/h5-11H,3-4H2,1-2H3,(H,20,23)(H,19,21,22). The quantitative estimate of drug-likeness (QED) is 0.800. The molecule has 1 aromatic carbocycles. The van der Waals surface area contributed by atoms with Crippen LogP contribution in [0.1, 0.15) is 38.4 Å². The predicted molar refractivity (Wildman–Crippen MR) is 92.2 cm³/mol. The molecule has 120 valence electrons. The summed E-state index contributed by atoms with van der Waals surface area (Å²) in [4.78, 5) is 20.5.